The highest BCUT2D eigenvalue weighted by Crippen LogP contribution is 2.16. The number of nitrogens with zero attached hydrogens (tertiary/aromatic N) is 2. The molecule has 0 radical (unpaired) electrons. The van der Waals surface area contributed by atoms with E-state index in [0.717, 1.165) is 19.6 Å². The molecule has 0 aromatic heterocycles. The molecule has 0 bridgehead atoms. The summed E-state index contributed by atoms with van der Waals surface area (Å²) in [7, 11) is 2.16. The zero-order valence-corrected chi connectivity index (χ0v) is 12.4. The Labute approximate surface area is 111 Å². The van der Waals surface area contributed by atoms with Gasteiger partial charge in [-0.3, -0.25) is 4.79 Å². The van der Waals surface area contributed by atoms with E-state index in [1.807, 2.05) is 25.7 Å². The lowest BCUT2D eigenvalue weighted by molar-refractivity contribution is -0.134. The van der Waals surface area contributed by atoms with Gasteiger partial charge >= 0.3 is 0 Å². The molecule has 106 valence electrons. The van der Waals surface area contributed by atoms with Gasteiger partial charge in [-0.05, 0) is 39.3 Å². The molecule has 1 aliphatic heterocycles. The van der Waals surface area contributed by atoms with Gasteiger partial charge in [0, 0.05) is 19.1 Å². The van der Waals surface area contributed by atoms with Crippen molar-refractivity contribution in [3.05, 3.63) is 0 Å². The zero-order valence-electron chi connectivity index (χ0n) is 12.4. The molecule has 1 heterocycles. The van der Waals surface area contributed by atoms with Crippen molar-refractivity contribution in [1.82, 2.24) is 9.80 Å². The molecule has 1 amide bonds. The lowest BCUT2D eigenvalue weighted by Crippen LogP contribution is -2.52. The van der Waals surface area contributed by atoms with Gasteiger partial charge in [-0.1, -0.05) is 20.3 Å². The Morgan fingerprint density at radius 1 is 1.44 bits per heavy atom. The second-order valence-electron chi connectivity index (χ2n) is 5.78. The molecule has 1 fully saturated rings. The van der Waals surface area contributed by atoms with Gasteiger partial charge in [0.2, 0.25) is 5.91 Å². The minimum absolute atomic E-state index is 0.103. The van der Waals surface area contributed by atoms with Crippen molar-refractivity contribution < 1.29 is 4.79 Å². The first-order valence-corrected chi connectivity index (χ1v) is 7.22. The SMILES string of the molecule is CCN(C[C@@H]1CCCCN1C)C(=O)[C@@H](N)C(C)C. The fourth-order valence-electron chi connectivity index (χ4n) is 2.50. The fraction of sp³-hybridized carbons (Fsp3) is 0.929. The molecule has 1 rings (SSSR count). The third-order valence-electron chi connectivity index (χ3n) is 4.05. The third-order valence-corrected chi connectivity index (χ3v) is 4.05. The summed E-state index contributed by atoms with van der Waals surface area (Å²) in [6, 6.07) is 0.140. The van der Waals surface area contributed by atoms with Crippen LogP contribution in [0.2, 0.25) is 0 Å². The maximum atomic E-state index is 12.3. The summed E-state index contributed by atoms with van der Waals surface area (Å²) >= 11 is 0. The minimum Gasteiger partial charge on any atom is -0.340 e. The van der Waals surface area contributed by atoms with Crippen LogP contribution in [0, 0.1) is 5.92 Å². The van der Waals surface area contributed by atoms with E-state index in [0.29, 0.717) is 6.04 Å². The number of likely N-dealkylation sites (tertiary alicyclic amines) is 1. The second-order valence-corrected chi connectivity index (χ2v) is 5.78. The number of carbonyl (C=O) groups is 1. The lowest BCUT2D eigenvalue weighted by Gasteiger charge is -2.37. The van der Waals surface area contributed by atoms with Crippen LogP contribution >= 0.6 is 0 Å². The molecule has 0 unspecified atom stereocenters. The van der Waals surface area contributed by atoms with Crippen LogP contribution in [0.15, 0.2) is 0 Å². The minimum atomic E-state index is -0.362. The van der Waals surface area contributed by atoms with Crippen molar-refractivity contribution in [2.45, 2.75) is 52.1 Å². The first kappa shape index (κ1) is 15.4. The fourth-order valence-corrected chi connectivity index (χ4v) is 2.50. The maximum absolute atomic E-state index is 12.3. The molecule has 4 nitrogen and oxygen atoms in total. The number of hydrogen-bond donors (Lipinski definition) is 1. The van der Waals surface area contributed by atoms with Gasteiger partial charge in [0.25, 0.3) is 0 Å². The second kappa shape index (κ2) is 7.10. The van der Waals surface area contributed by atoms with Crippen LogP contribution in [0.3, 0.4) is 0 Å². The molecule has 1 saturated heterocycles. The Balaban J connectivity index is 2.57. The molecule has 18 heavy (non-hydrogen) atoms. The van der Waals surface area contributed by atoms with E-state index in [1.54, 1.807) is 0 Å². The van der Waals surface area contributed by atoms with Gasteiger partial charge in [0.05, 0.1) is 6.04 Å². The van der Waals surface area contributed by atoms with Crippen molar-refractivity contribution in [1.29, 1.82) is 0 Å². The highest BCUT2D eigenvalue weighted by atomic mass is 16.2. The van der Waals surface area contributed by atoms with Gasteiger partial charge in [-0.15, -0.1) is 0 Å². The van der Waals surface area contributed by atoms with Gasteiger partial charge in [0.1, 0.15) is 0 Å². The predicted octanol–water partition coefficient (Wildman–Crippen LogP) is 1.30. The number of carbonyl (C=O) groups excluding carboxylic acids is 1. The standard InChI is InChI=1S/C14H29N3O/c1-5-17(14(18)13(15)11(2)3)10-12-8-6-7-9-16(12)4/h11-13H,5-10,15H2,1-4H3/t12-,13-/m0/s1. The number of likely N-dealkylation sites (N-methyl/N-ethyl adjacent to an activating group) is 2. The van der Waals surface area contributed by atoms with E-state index in [1.165, 1.54) is 19.3 Å². The van der Waals surface area contributed by atoms with Gasteiger partial charge < -0.3 is 15.5 Å². The average molecular weight is 255 g/mol. The summed E-state index contributed by atoms with van der Waals surface area (Å²) in [5.74, 6) is 0.308. The average Bonchev–Trinajstić information content (AvgIpc) is 2.36. The Hall–Kier alpha value is -0.610. The van der Waals surface area contributed by atoms with Gasteiger partial charge in [0.15, 0.2) is 0 Å². The van der Waals surface area contributed by atoms with E-state index < -0.39 is 0 Å². The molecule has 0 spiro atoms. The first-order valence-electron chi connectivity index (χ1n) is 7.22. The first-order chi connectivity index (χ1) is 8.47. The van der Waals surface area contributed by atoms with E-state index >= 15 is 0 Å². The van der Waals surface area contributed by atoms with Gasteiger partial charge in [-0.25, -0.2) is 0 Å². The normalized spacial score (nSPS) is 23.1. The molecule has 1 aliphatic rings. The summed E-state index contributed by atoms with van der Waals surface area (Å²) in [5.41, 5.74) is 5.97. The number of nitrogens with two attached hydrogens (primary N) is 1. The molecular weight excluding hydrogens is 226 g/mol. The number of hydrogen-bond acceptors (Lipinski definition) is 3. The molecule has 0 aromatic rings. The summed E-state index contributed by atoms with van der Waals surface area (Å²) < 4.78 is 0. The van der Waals surface area contributed by atoms with Crippen LogP contribution in [-0.4, -0.2) is 54.5 Å². The van der Waals surface area contributed by atoms with Crippen LogP contribution < -0.4 is 5.73 Å². The molecular formula is C14H29N3O. The molecule has 2 N–H and O–H groups in total. The highest BCUT2D eigenvalue weighted by molar-refractivity contribution is 5.81. The van der Waals surface area contributed by atoms with E-state index in [9.17, 15) is 4.79 Å². The molecule has 4 heteroatoms. The molecule has 0 aliphatic carbocycles. The van der Waals surface area contributed by atoms with E-state index in [4.69, 9.17) is 5.73 Å². The van der Waals surface area contributed by atoms with Crippen molar-refractivity contribution >= 4 is 5.91 Å². The largest absolute Gasteiger partial charge is 0.340 e. The van der Waals surface area contributed by atoms with Crippen LogP contribution in [0.4, 0.5) is 0 Å². The van der Waals surface area contributed by atoms with Crippen LogP contribution in [-0.2, 0) is 4.79 Å². The Morgan fingerprint density at radius 2 is 2.11 bits per heavy atom. The maximum Gasteiger partial charge on any atom is 0.239 e. The Morgan fingerprint density at radius 3 is 2.61 bits per heavy atom. The Bertz CT molecular complexity index is 268. The van der Waals surface area contributed by atoms with Crippen molar-refractivity contribution in [3.8, 4) is 0 Å². The van der Waals surface area contributed by atoms with Crippen molar-refractivity contribution in [2.24, 2.45) is 11.7 Å². The number of amides is 1. The quantitative estimate of drug-likeness (QED) is 0.805. The van der Waals surface area contributed by atoms with E-state index in [-0.39, 0.29) is 17.9 Å². The summed E-state index contributed by atoms with van der Waals surface area (Å²) in [4.78, 5) is 16.6. The predicted molar refractivity (Wildman–Crippen MR) is 75.3 cm³/mol. The van der Waals surface area contributed by atoms with Gasteiger partial charge in [-0.2, -0.15) is 0 Å². The molecule has 2 atom stereocenters. The summed E-state index contributed by atoms with van der Waals surface area (Å²) in [6.45, 7) is 8.77. The summed E-state index contributed by atoms with van der Waals surface area (Å²) in [5, 5.41) is 0. The van der Waals surface area contributed by atoms with Crippen LogP contribution in [0.1, 0.15) is 40.0 Å². The molecule has 0 aromatic carbocycles. The van der Waals surface area contributed by atoms with Crippen molar-refractivity contribution in [3.63, 3.8) is 0 Å². The number of piperidine rings is 1. The van der Waals surface area contributed by atoms with E-state index in [2.05, 4.69) is 11.9 Å². The van der Waals surface area contributed by atoms with Crippen molar-refractivity contribution in [2.75, 3.05) is 26.7 Å². The smallest absolute Gasteiger partial charge is 0.239 e. The third kappa shape index (κ3) is 3.95. The van der Waals surface area contributed by atoms with Crippen LogP contribution in [0.5, 0.6) is 0 Å². The zero-order chi connectivity index (χ0) is 13.7. The topological polar surface area (TPSA) is 49.6 Å². The number of rotatable bonds is 5. The Kier molecular flexibility index (Phi) is 6.09. The lowest BCUT2D eigenvalue weighted by atomic mass is 10.0. The highest BCUT2D eigenvalue weighted by Gasteiger charge is 2.27. The monoisotopic (exact) mass is 255 g/mol. The summed E-state index contributed by atoms with van der Waals surface area (Å²) in [6.07, 6.45) is 3.74. The molecule has 0 saturated carbocycles. The van der Waals surface area contributed by atoms with Crippen LogP contribution in [0.25, 0.3) is 0 Å².